The molecule has 2 unspecified atom stereocenters. The van der Waals surface area contributed by atoms with Crippen LogP contribution in [0.1, 0.15) is 6.99 Å². The Morgan fingerprint density at radius 2 is 1.97 bits per heavy atom. The molecule has 2 N–H and O–H groups in total. The third-order valence-electron chi connectivity index (χ3n) is 4.52. The van der Waals surface area contributed by atoms with E-state index < -0.39 is 51.9 Å². The van der Waals surface area contributed by atoms with Crippen LogP contribution in [0.2, 0.25) is 0 Å². The monoisotopic (exact) mass is 555 g/mol. The van der Waals surface area contributed by atoms with Gasteiger partial charge in [-0.2, -0.15) is 8.42 Å². The van der Waals surface area contributed by atoms with Crippen molar-refractivity contribution in [2.45, 2.75) is 23.8 Å². The van der Waals surface area contributed by atoms with Crippen LogP contribution in [0.4, 0.5) is 10.5 Å². The number of nitrogens with one attached hydrogen (secondary N) is 1. The molecule has 190 valence electrons. The summed E-state index contributed by atoms with van der Waals surface area (Å²) in [7, 11) is -3.44. The predicted octanol–water partition coefficient (Wildman–Crippen LogP) is -3.82. The van der Waals surface area contributed by atoms with Gasteiger partial charge in [0.2, 0.25) is 5.16 Å². The van der Waals surface area contributed by atoms with E-state index in [0.717, 1.165) is 11.8 Å². The average Bonchev–Trinajstić information content (AvgIpc) is 3.21. The molecule has 36 heavy (non-hydrogen) atoms. The molecule has 1 fully saturated rings. The van der Waals surface area contributed by atoms with E-state index in [2.05, 4.69) is 20.8 Å². The van der Waals surface area contributed by atoms with Crippen molar-refractivity contribution >= 4 is 45.7 Å². The maximum absolute atomic E-state index is 12.2. The van der Waals surface area contributed by atoms with Crippen molar-refractivity contribution in [2.75, 3.05) is 12.4 Å². The van der Waals surface area contributed by atoms with Gasteiger partial charge < -0.3 is 16.2 Å². The number of non-ortho nitro benzene ring substituents is 1. The number of alkyl carbamates (subject to hydrolysis) is 1. The number of tetrazole rings is 1. The van der Waals surface area contributed by atoms with Gasteiger partial charge in [-0.3, -0.25) is 24.3 Å². The maximum Gasteiger partial charge on any atom is 1.00 e. The van der Waals surface area contributed by atoms with Crippen molar-refractivity contribution in [1.82, 2.24) is 29.8 Å². The summed E-state index contributed by atoms with van der Waals surface area (Å²) in [5, 5.41) is 23.8. The normalized spacial score (nSPS) is 16.9. The number of ether oxygens (including phenoxy) is 2. The maximum atomic E-state index is 12.2. The van der Waals surface area contributed by atoms with Crippen LogP contribution in [0.15, 0.2) is 29.4 Å². The van der Waals surface area contributed by atoms with E-state index in [4.69, 9.17) is 9.47 Å². The Balaban J connectivity index is 0.00000342. The number of thioether (sulfide) groups is 1. The van der Waals surface area contributed by atoms with Gasteiger partial charge in [-0.05, 0) is 28.1 Å². The molecular formula is C16H18N7NaO10S2. The van der Waals surface area contributed by atoms with Crippen LogP contribution in [-0.2, 0) is 43.0 Å². The molecule has 0 aliphatic carbocycles. The minimum atomic E-state index is -4.99. The number of hydrogen-bond acceptors (Lipinski definition) is 13. The molecule has 17 nitrogen and oxygen atoms in total. The summed E-state index contributed by atoms with van der Waals surface area (Å²) in [6, 6.07) is 2.24. The van der Waals surface area contributed by atoms with Crippen molar-refractivity contribution in [3.63, 3.8) is 0 Å². The second kappa shape index (κ2) is 12.4. The fourth-order valence-corrected chi connectivity index (χ4v) is 4.36. The largest absolute Gasteiger partial charge is 1.00 e. The number of aromatic nitrogens is 4. The summed E-state index contributed by atoms with van der Waals surface area (Å²) in [5.74, 6) is -2.21. The summed E-state index contributed by atoms with van der Waals surface area (Å²) in [4.78, 5) is 46.3. The number of amides is 2. The number of nitro benzene ring substituents is 1. The molecule has 1 aromatic heterocycles. The molecule has 1 aromatic carbocycles. The number of carbonyl (C=O) groups excluding carboxylic acids is 3. The van der Waals surface area contributed by atoms with E-state index in [-0.39, 0.29) is 53.3 Å². The smallest absolute Gasteiger partial charge is 1.00 e. The van der Waals surface area contributed by atoms with Crippen molar-refractivity contribution < 1.29 is 72.7 Å². The van der Waals surface area contributed by atoms with Crippen LogP contribution >= 0.6 is 11.8 Å². The number of nitrogens with zero attached hydrogens (tertiary/aromatic N) is 6. The van der Waals surface area contributed by atoms with Gasteiger partial charge in [0.25, 0.3) is 11.6 Å². The zero-order valence-electron chi connectivity index (χ0n) is 19.7. The SMILES string of the molecule is Cn1nnnc1SCC(=O)OCC1C(NC(=O)OCc2ccc([N+](=O)[O-])cc2)C(=O)N1S(=O)(=O)O.[H-].[Na+]. The van der Waals surface area contributed by atoms with Crippen LogP contribution in [0.25, 0.3) is 0 Å². The summed E-state index contributed by atoms with van der Waals surface area (Å²) < 4.78 is 43.6. The quantitative estimate of drug-likeness (QED) is 0.0545. The first kappa shape index (κ1) is 29.4. The number of nitro groups is 1. The molecule has 1 aliphatic rings. The zero-order chi connectivity index (χ0) is 25.8. The molecule has 2 atom stereocenters. The first-order valence-corrected chi connectivity index (χ1v) is 11.8. The number of rotatable bonds is 10. The summed E-state index contributed by atoms with van der Waals surface area (Å²) in [6.45, 7) is -0.962. The van der Waals surface area contributed by atoms with Crippen molar-refractivity contribution in [1.29, 1.82) is 0 Å². The third-order valence-corrected chi connectivity index (χ3v) is 6.46. The van der Waals surface area contributed by atoms with Crippen molar-refractivity contribution in [3.8, 4) is 0 Å². The Bertz CT molecular complexity index is 1250. The topological polar surface area (TPSA) is 226 Å². The average molecular weight is 555 g/mol. The first-order chi connectivity index (χ1) is 16.5. The van der Waals surface area contributed by atoms with Gasteiger partial charge in [-0.25, -0.2) is 13.8 Å². The molecule has 0 bridgehead atoms. The van der Waals surface area contributed by atoms with Gasteiger partial charge in [0.05, 0.1) is 10.7 Å². The van der Waals surface area contributed by atoms with E-state index in [1.807, 2.05) is 0 Å². The Morgan fingerprint density at radius 3 is 2.53 bits per heavy atom. The Labute approximate surface area is 230 Å². The zero-order valence-corrected chi connectivity index (χ0v) is 22.3. The third kappa shape index (κ3) is 7.34. The number of carbonyl (C=O) groups is 3. The first-order valence-electron chi connectivity index (χ1n) is 9.45. The van der Waals surface area contributed by atoms with Gasteiger partial charge in [-0.15, -0.1) is 5.10 Å². The summed E-state index contributed by atoms with van der Waals surface area (Å²) in [5.41, 5.74) is 0.249. The van der Waals surface area contributed by atoms with Crippen LogP contribution < -0.4 is 34.9 Å². The molecule has 3 rings (SSSR count). The van der Waals surface area contributed by atoms with Gasteiger partial charge >= 0.3 is 51.9 Å². The molecular weight excluding hydrogens is 537 g/mol. The molecule has 2 amide bonds. The molecule has 0 saturated carbocycles. The minimum absolute atomic E-state index is 0. The van der Waals surface area contributed by atoms with Gasteiger partial charge in [0.15, 0.2) is 0 Å². The van der Waals surface area contributed by atoms with Gasteiger partial charge in [0, 0.05) is 19.2 Å². The van der Waals surface area contributed by atoms with Gasteiger partial charge in [0.1, 0.15) is 25.3 Å². The van der Waals surface area contributed by atoms with Crippen LogP contribution in [0.3, 0.4) is 0 Å². The van der Waals surface area contributed by atoms with E-state index in [1.54, 1.807) is 7.05 Å². The second-order valence-corrected chi connectivity index (χ2v) is 9.09. The molecule has 1 aliphatic heterocycles. The predicted molar refractivity (Wildman–Crippen MR) is 114 cm³/mol. The molecule has 2 aromatic rings. The standard InChI is InChI=1S/C16H17N7O10S2.Na.H/c1-21-15(18-19-20-21)34-8-12(24)32-7-11-13(14(25)22(11)35(29,30)31)17-16(26)33-6-9-2-4-10(5-3-9)23(27)28;;/h2-5,11,13H,6-8H2,1H3,(H,17,26)(H,29,30,31);;/q;+1;-1. The molecule has 2 heterocycles. The van der Waals surface area contributed by atoms with E-state index in [1.165, 1.54) is 28.9 Å². The summed E-state index contributed by atoms with van der Waals surface area (Å²) >= 11 is 0.941. The Hall–Kier alpha value is -2.84. The fourth-order valence-electron chi connectivity index (χ4n) is 2.84. The van der Waals surface area contributed by atoms with Crippen LogP contribution in [-0.4, -0.2) is 84.8 Å². The van der Waals surface area contributed by atoms with Crippen molar-refractivity contribution in [2.24, 2.45) is 7.05 Å². The fraction of sp³-hybridized carbons (Fsp3) is 0.375. The number of esters is 1. The Morgan fingerprint density at radius 1 is 1.31 bits per heavy atom. The number of aryl methyl sites for hydroxylation is 1. The number of benzene rings is 1. The molecule has 0 spiro atoms. The molecule has 1 saturated heterocycles. The number of hydrogen-bond donors (Lipinski definition) is 2. The molecule has 0 radical (unpaired) electrons. The summed E-state index contributed by atoms with van der Waals surface area (Å²) in [6.07, 6.45) is -1.11. The van der Waals surface area contributed by atoms with E-state index in [0.29, 0.717) is 10.7 Å². The van der Waals surface area contributed by atoms with Crippen LogP contribution in [0, 0.1) is 10.1 Å². The number of β-lactam (4-membered cyclic amide) rings is 1. The van der Waals surface area contributed by atoms with Crippen molar-refractivity contribution in [3.05, 3.63) is 39.9 Å². The minimum Gasteiger partial charge on any atom is -1.00 e. The van der Waals surface area contributed by atoms with E-state index in [9.17, 15) is 37.5 Å². The van der Waals surface area contributed by atoms with Crippen LogP contribution in [0.5, 0.6) is 0 Å². The molecule has 20 heteroatoms. The Kier molecular flexibility index (Phi) is 10.1. The van der Waals surface area contributed by atoms with Gasteiger partial charge in [-0.1, -0.05) is 11.8 Å². The van der Waals surface area contributed by atoms with E-state index >= 15 is 0 Å². The second-order valence-electron chi connectivity index (χ2n) is 6.86.